The summed E-state index contributed by atoms with van der Waals surface area (Å²) in [4.78, 5) is 10.8. The van der Waals surface area contributed by atoms with Crippen LogP contribution in [0.25, 0.3) is 11.3 Å². The molecule has 0 aliphatic heterocycles. The predicted molar refractivity (Wildman–Crippen MR) is 62.0 cm³/mol. The minimum Gasteiger partial charge on any atom is -0.508 e. The van der Waals surface area contributed by atoms with Crippen molar-refractivity contribution in [2.45, 2.75) is 6.92 Å². The lowest BCUT2D eigenvalue weighted by atomic mass is 10.1. The van der Waals surface area contributed by atoms with E-state index in [1.54, 1.807) is 26.1 Å². The Bertz CT molecular complexity index is 587. The molecule has 0 bridgehead atoms. The highest BCUT2D eigenvalue weighted by molar-refractivity contribution is 5.87. The molecule has 0 amide bonds. The van der Waals surface area contributed by atoms with Gasteiger partial charge in [0.15, 0.2) is 5.69 Å². The fraction of sp³-hybridized carbons (Fsp3) is 0.167. The van der Waals surface area contributed by atoms with Crippen LogP contribution in [-0.4, -0.2) is 26.0 Å². The van der Waals surface area contributed by atoms with E-state index in [4.69, 9.17) is 5.11 Å². The Morgan fingerprint density at radius 2 is 2.06 bits per heavy atom. The van der Waals surface area contributed by atoms with E-state index in [1.807, 2.05) is 6.07 Å². The summed E-state index contributed by atoms with van der Waals surface area (Å²) >= 11 is 0. The Kier molecular flexibility index (Phi) is 2.59. The summed E-state index contributed by atoms with van der Waals surface area (Å²) in [5, 5.41) is 22.3. The van der Waals surface area contributed by atoms with E-state index >= 15 is 0 Å². The minimum absolute atomic E-state index is 0.0115. The lowest BCUT2D eigenvalue weighted by Crippen LogP contribution is -1.99. The zero-order valence-corrected chi connectivity index (χ0v) is 9.51. The average molecular weight is 232 g/mol. The average Bonchev–Trinajstić information content (AvgIpc) is 2.65. The van der Waals surface area contributed by atoms with E-state index < -0.39 is 5.97 Å². The number of carboxylic acids is 1. The van der Waals surface area contributed by atoms with Crippen molar-refractivity contribution in [1.29, 1.82) is 0 Å². The summed E-state index contributed by atoms with van der Waals surface area (Å²) in [6.07, 6.45) is 0. The van der Waals surface area contributed by atoms with Gasteiger partial charge in [0, 0.05) is 12.6 Å². The number of hydrogen-bond donors (Lipinski definition) is 2. The van der Waals surface area contributed by atoms with Gasteiger partial charge in [-0.05, 0) is 24.6 Å². The second-order valence-electron chi connectivity index (χ2n) is 3.84. The van der Waals surface area contributed by atoms with Crippen molar-refractivity contribution in [2.75, 3.05) is 0 Å². The summed E-state index contributed by atoms with van der Waals surface area (Å²) in [6, 6.07) is 6.67. The standard InChI is InChI=1S/C12H12N2O3/c1-7-3-4-8(5-11(7)15)10-6-9(12(16)17)13-14(10)2/h3-6,15H,1-2H3,(H,16,17). The summed E-state index contributed by atoms with van der Waals surface area (Å²) in [6.45, 7) is 1.80. The molecule has 0 saturated heterocycles. The number of carbonyl (C=O) groups is 1. The van der Waals surface area contributed by atoms with Crippen LogP contribution in [0.4, 0.5) is 0 Å². The van der Waals surface area contributed by atoms with Gasteiger partial charge in [-0.3, -0.25) is 4.68 Å². The highest BCUT2D eigenvalue weighted by atomic mass is 16.4. The zero-order chi connectivity index (χ0) is 12.6. The number of aryl methyl sites for hydroxylation is 2. The molecule has 2 aromatic rings. The molecule has 5 heteroatoms. The molecule has 0 radical (unpaired) electrons. The summed E-state index contributed by atoms with van der Waals surface area (Å²) < 4.78 is 1.48. The van der Waals surface area contributed by atoms with Crippen LogP contribution in [0, 0.1) is 6.92 Å². The van der Waals surface area contributed by atoms with E-state index in [1.165, 1.54) is 10.7 Å². The van der Waals surface area contributed by atoms with Crippen molar-refractivity contribution in [3.63, 3.8) is 0 Å². The number of carboxylic acid groups (broad SMARTS) is 1. The lowest BCUT2D eigenvalue weighted by molar-refractivity contribution is 0.0689. The molecule has 2 rings (SSSR count). The highest BCUT2D eigenvalue weighted by Crippen LogP contribution is 2.26. The molecule has 88 valence electrons. The van der Waals surface area contributed by atoms with E-state index in [0.29, 0.717) is 5.69 Å². The Morgan fingerprint density at radius 3 is 2.59 bits per heavy atom. The van der Waals surface area contributed by atoms with E-state index in [-0.39, 0.29) is 11.4 Å². The number of phenolic OH excluding ortho intramolecular Hbond substituents is 1. The smallest absolute Gasteiger partial charge is 0.356 e. The van der Waals surface area contributed by atoms with Crippen LogP contribution in [0.15, 0.2) is 24.3 Å². The Morgan fingerprint density at radius 1 is 1.35 bits per heavy atom. The van der Waals surface area contributed by atoms with Gasteiger partial charge in [-0.2, -0.15) is 5.10 Å². The molecule has 17 heavy (non-hydrogen) atoms. The third-order valence-electron chi connectivity index (χ3n) is 2.60. The van der Waals surface area contributed by atoms with Gasteiger partial charge in [-0.25, -0.2) is 4.79 Å². The number of aromatic carboxylic acids is 1. The second-order valence-corrected chi connectivity index (χ2v) is 3.84. The first-order chi connectivity index (χ1) is 7.99. The van der Waals surface area contributed by atoms with Crippen molar-refractivity contribution in [3.8, 4) is 17.0 Å². The Labute approximate surface area is 97.9 Å². The number of aromatic hydroxyl groups is 1. The predicted octanol–water partition coefficient (Wildman–Crippen LogP) is 1.80. The molecular formula is C12H12N2O3. The maximum absolute atomic E-state index is 10.8. The number of rotatable bonds is 2. The van der Waals surface area contributed by atoms with E-state index in [2.05, 4.69) is 5.10 Å². The molecule has 0 unspecified atom stereocenters. The van der Waals surface area contributed by atoms with Crippen LogP contribution >= 0.6 is 0 Å². The van der Waals surface area contributed by atoms with Crippen LogP contribution in [0.2, 0.25) is 0 Å². The van der Waals surface area contributed by atoms with Crippen molar-refractivity contribution in [2.24, 2.45) is 7.05 Å². The van der Waals surface area contributed by atoms with Crippen LogP contribution in [0.5, 0.6) is 5.75 Å². The Balaban J connectivity index is 2.52. The number of aromatic nitrogens is 2. The van der Waals surface area contributed by atoms with Gasteiger partial charge in [0.2, 0.25) is 0 Å². The molecule has 0 saturated carbocycles. The van der Waals surface area contributed by atoms with Gasteiger partial charge >= 0.3 is 5.97 Å². The highest BCUT2D eigenvalue weighted by Gasteiger charge is 2.13. The fourth-order valence-corrected chi connectivity index (χ4v) is 1.61. The van der Waals surface area contributed by atoms with Gasteiger partial charge < -0.3 is 10.2 Å². The molecule has 5 nitrogen and oxygen atoms in total. The number of nitrogens with zero attached hydrogens (tertiary/aromatic N) is 2. The molecule has 0 aliphatic rings. The van der Waals surface area contributed by atoms with Crippen molar-refractivity contribution in [3.05, 3.63) is 35.5 Å². The molecule has 0 spiro atoms. The zero-order valence-electron chi connectivity index (χ0n) is 9.51. The van der Waals surface area contributed by atoms with Crippen molar-refractivity contribution in [1.82, 2.24) is 9.78 Å². The topological polar surface area (TPSA) is 75.3 Å². The van der Waals surface area contributed by atoms with Gasteiger partial charge in [0.1, 0.15) is 5.75 Å². The Hall–Kier alpha value is -2.30. The van der Waals surface area contributed by atoms with Crippen LogP contribution in [-0.2, 0) is 7.05 Å². The first kappa shape index (κ1) is 11.2. The van der Waals surface area contributed by atoms with Gasteiger partial charge in [0.05, 0.1) is 5.69 Å². The largest absolute Gasteiger partial charge is 0.508 e. The maximum Gasteiger partial charge on any atom is 0.356 e. The van der Waals surface area contributed by atoms with Gasteiger partial charge in [-0.15, -0.1) is 0 Å². The third kappa shape index (κ3) is 1.99. The molecule has 1 aromatic heterocycles. The van der Waals surface area contributed by atoms with Gasteiger partial charge in [0.25, 0.3) is 0 Å². The number of benzene rings is 1. The molecule has 0 atom stereocenters. The molecule has 0 aliphatic carbocycles. The SMILES string of the molecule is Cc1ccc(-c2cc(C(=O)O)nn2C)cc1O. The first-order valence-corrected chi connectivity index (χ1v) is 5.06. The normalized spacial score (nSPS) is 10.5. The van der Waals surface area contributed by atoms with Crippen LogP contribution in [0.1, 0.15) is 16.1 Å². The number of phenols is 1. The third-order valence-corrected chi connectivity index (χ3v) is 2.60. The van der Waals surface area contributed by atoms with Crippen LogP contribution < -0.4 is 0 Å². The van der Waals surface area contributed by atoms with E-state index in [9.17, 15) is 9.90 Å². The monoisotopic (exact) mass is 232 g/mol. The first-order valence-electron chi connectivity index (χ1n) is 5.06. The maximum atomic E-state index is 10.8. The summed E-state index contributed by atoms with van der Waals surface area (Å²) in [5.41, 5.74) is 2.14. The molecular weight excluding hydrogens is 220 g/mol. The molecule has 2 N–H and O–H groups in total. The molecule has 0 fully saturated rings. The minimum atomic E-state index is -1.07. The molecule has 1 aromatic carbocycles. The second kappa shape index (κ2) is 3.93. The van der Waals surface area contributed by atoms with Crippen molar-refractivity contribution >= 4 is 5.97 Å². The summed E-state index contributed by atoms with van der Waals surface area (Å²) in [7, 11) is 1.67. The summed E-state index contributed by atoms with van der Waals surface area (Å²) in [5.74, 6) is -0.885. The fourth-order valence-electron chi connectivity index (χ4n) is 1.61. The molecule has 1 heterocycles. The van der Waals surface area contributed by atoms with Crippen molar-refractivity contribution < 1.29 is 15.0 Å². The van der Waals surface area contributed by atoms with Gasteiger partial charge in [-0.1, -0.05) is 12.1 Å². The number of hydrogen-bond acceptors (Lipinski definition) is 3. The lowest BCUT2D eigenvalue weighted by Gasteiger charge is -2.04. The van der Waals surface area contributed by atoms with Crippen LogP contribution in [0.3, 0.4) is 0 Å². The van der Waals surface area contributed by atoms with E-state index in [0.717, 1.165) is 11.1 Å². The quantitative estimate of drug-likeness (QED) is 0.827.